The van der Waals surface area contributed by atoms with Gasteiger partial charge in [-0.25, -0.2) is 0 Å². The summed E-state index contributed by atoms with van der Waals surface area (Å²) in [4.78, 5) is 112. The number of benzene rings is 3. The lowest BCUT2D eigenvalue weighted by Crippen LogP contribution is -2.60. The Morgan fingerprint density at radius 1 is 0.644 bits per heavy atom. The van der Waals surface area contributed by atoms with Gasteiger partial charge in [-0.05, 0) is 113 Å². The van der Waals surface area contributed by atoms with E-state index in [1.165, 1.54) is 17.0 Å². The molecule has 5 rings (SSSR count). The Morgan fingerprint density at radius 3 is 1.85 bits per heavy atom. The number of nitrogens with zero attached hydrogens (tertiary/aromatic N) is 1. The predicted octanol–water partition coefficient (Wildman–Crippen LogP) is 3.34. The van der Waals surface area contributed by atoms with Gasteiger partial charge in [-0.1, -0.05) is 102 Å². The molecule has 0 saturated carbocycles. The van der Waals surface area contributed by atoms with Crippen LogP contribution in [0, 0.1) is 10.8 Å². The van der Waals surface area contributed by atoms with E-state index in [-0.39, 0.29) is 60.8 Å². The lowest BCUT2D eigenvalue weighted by atomic mass is 9.85. The van der Waals surface area contributed by atoms with Crippen molar-refractivity contribution in [1.29, 1.82) is 0 Å². The van der Waals surface area contributed by atoms with E-state index >= 15 is 0 Å². The van der Waals surface area contributed by atoms with Gasteiger partial charge in [0.1, 0.15) is 24.2 Å². The minimum absolute atomic E-state index is 0.0124. The Hall–Kier alpha value is -6.66. The van der Waals surface area contributed by atoms with Crippen molar-refractivity contribution < 1.29 is 38.4 Å². The predicted molar refractivity (Wildman–Crippen MR) is 280 cm³/mol. The number of aryl methyl sites for hydroxylation is 1. The average molecular weight is 1010 g/mol. The summed E-state index contributed by atoms with van der Waals surface area (Å²) in [6.45, 7) is 16.0. The lowest BCUT2D eigenvalue weighted by Gasteiger charge is -2.36. The number of likely N-dealkylation sites (N-methyl/N-ethyl adjacent to an activating group) is 2. The van der Waals surface area contributed by atoms with Crippen molar-refractivity contribution in [3.63, 3.8) is 0 Å². The van der Waals surface area contributed by atoms with Crippen LogP contribution in [0.5, 0.6) is 0 Å². The zero-order valence-corrected chi connectivity index (χ0v) is 44.4. The second-order valence-corrected chi connectivity index (χ2v) is 21.5. The molecule has 1 aliphatic carbocycles. The van der Waals surface area contributed by atoms with E-state index in [4.69, 9.17) is 0 Å². The van der Waals surface area contributed by atoms with Crippen LogP contribution in [0.1, 0.15) is 137 Å². The van der Waals surface area contributed by atoms with Crippen LogP contribution in [0.25, 0.3) is 0 Å². The monoisotopic (exact) mass is 1010 g/mol. The summed E-state index contributed by atoms with van der Waals surface area (Å²) in [5, 5.41) is 26.3. The molecule has 1 heterocycles. The van der Waals surface area contributed by atoms with E-state index in [1.54, 1.807) is 60.8 Å². The zero-order valence-electron chi connectivity index (χ0n) is 44.4. The van der Waals surface area contributed by atoms with Crippen LogP contribution in [0.2, 0.25) is 0 Å². The van der Waals surface area contributed by atoms with Gasteiger partial charge in [0.25, 0.3) is 11.8 Å². The van der Waals surface area contributed by atoms with Crippen molar-refractivity contribution in [1.82, 2.24) is 52.8 Å². The Labute approximate surface area is 430 Å². The molecule has 9 atom stereocenters. The molecular weight excluding hydrogens is 929 g/mol. The summed E-state index contributed by atoms with van der Waals surface area (Å²) in [6, 6.07) is 16.8. The summed E-state index contributed by atoms with van der Waals surface area (Å²) < 4.78 is 0. The van der Waals surface area contributed by atoms with Crippen molar-refractivity contribution in [2.45, 2.75) is 149 Å². The van der Waals surface area contributed by atoms with E-state index in [1.807, 2.05) is 76.2 Å². The highest BCUT2D eigenvalue weighted by molar-refractivity contribution is 6.00. The lowest BCUT2D eigenvalue weighted by molar-refractivity contribution is -0.144. The molecule has 3 aromatic rings. The smallest absolute Gasteiger partial charge is 0.251 e. The SMILES string of the molecule is CN[C@@H](C)C(=O)N[C@H](C(=O)N[C@@H](CCNC(=O)c1cccc(C(=O)N[C@H]2C[C@@H](C(=O)N[C@@H]3CCCc4ccccc43)N(C(=O)[C@@H](NC(=O)[C@H](C)NC)C(C)(C)C)C2)c1)C(=O)N[C@H](C)c1ccccc1)C(C)(C)C. The topological polar surface area (TPSA) is 248 Å². The molecule has 73 heavy (non-hydrogen) atoms. The standard InChI is InChI=1S/C55H78N10O8/c1-32(35-19-13-12-14-20-35)59-50(70)42(62-52(72)44(54(4,5)6)63-46(66)33(2)56-10)27-28-58-48(68)37-23-17-24-38(29-37)49(69)60-39-30-43(51(71)61-41-26-18-22-36-21-15-16-25-40(36)41)65(31-39)53(73)45(55(7,8)9)64-47(67)34(3)57-11/h12-17,19-21,23-25,29,32-34,39,41-45,56-57H,18,22,26-28,30-31H2,1-11H3,(H,58,68)(H,59,70)(H,60,69)(H,61,71)(H,62,72)(H,63,66)(H,64,67)/t32-,33+,34+,39+,41-,42+,43+,44-,45-/m1/s1. The first kappa shape index (κ1) is 57.2. The summed E-state index contributed by atoms with van der Waals surface area (Å²) in [7, 11) is 3.28. The Balaban J connectivity index is 1.31. The molecule has 1 fully saturated rings. The number of carbonyl (C=O) groups is 8. The highest BCUT2D eigenvalue weighted by Crippen LogP contribution is 2.32. The van der Waals surface area contributed by atoms with E-state index in [2.05, 4.69) is 53.9 Å². The van der Waals surface area contributed by atoms with Crippen molar-refractivity contribution in [2.75, 3.05) is 27.2 Å². The van der Waals surface area contributed by atoms with Gasteiger partial charge in [0.05, 0.1) is 24.2 Å². The average Bonchev–Trinajstić information content (AvgIpc) is 3.79. The van der Waals surface area contributed by atoms with Crippen LogP contribution < -0.4 is 47.9 Å². The highest BCUT2D eigenvalue weighted by Gasteiger charge is 2.46. The molecular formula is C55H78N10O8. The molecule has 0 aromatic heterocycles. The second kappa shape index (κ2) is 25.3. The molecule has 9 N–H and O–H groups in total. The molecule has 1 aliphatic heterocycles. The number of amides is 8. The molecule has 2 aliphatic rings. The fourth-order valence-electron chi connectivity index (χ4n) is 9.06. The molecule has 0 unspecified atom stereocenters. The van der Waals surface area contributed by atoms with Gasteiger partial charge in [0.15, 0.2) is 0 Å². The van der Waals surface area contributed by atoms with Gasteiger partial charge in [-0.15, -0.1) is 0 Å². The first-order chi connectivity index (χ1) is 34.4. The third kappa shape index (κ3) is 15.4. The fraction of sp³-hybridized carbons (Fsp3) is 0.527. The second-order valence-electron chi connectivity index (χ2n) is 21.5. The maximum Gasteiger partial charge on any atom is 0.251 e. The minimum atomic E-state index is -1.12. The zero-order chi connectivity index (χ0) is 53.8. The largest absolute Gasteiger partial charge is 0.352 e. The van der Waals surface area contributed by atoms with E-state index < -0.39 is 88.7 Å². The van der Waals surface area contributed by atoms with E-state index in [0.717, 1.165) is 36.0 Å². The van der Waals surface area contributed by atoms with E-state index in [0.29, 0.717) is 0 Å². The molecule has 3 aromatic carbocycles. The number of carbonyl (C=O) groups excluding carboxylic acids is 8. The maximum atomic E-state index is 14.6. The summed E-state index contributed by atoms with van der Waals surface area (Å²) in [5.74, 6) is -3.71. The van der Waals surface area contributed by atoms with Crippen molar-refractivity contribution in [3.05, 3.63) is 107 Å². The third-order valence-electron chi connectivity index (χ3n) is 13.8. The van der Waals surface area contributed by atoms with Gasteiger partial charge < -0.3 is 52.8 Å². The van der Waals surface area contributed by atoms with Crippen LogP contribution in [0.15, 0.2) is 78.9 Å². The first-order valence-corrected chi connectivity index (χ1v) is 25.4. The number of nitrogens with one attached hydrogen (secondary N) is 9. The summed E-state index contributed by atoms with van der Waals surface area (Å²) in [5.41, 5.74) is 1.86. The molecule has 18 nitrogen and oxygen atoms in total. The minimum Gasteiger partial charge on any atom is -0.352 e. The number of likely N-dealkylation sites (tertiary alicyclic amines) is 1. The molecule has 0 radical (unpaired) electrons. The molecule has 1 saturated heterocycles. The van der Waals surface area contributed by atoms with Crippen LogP contribution >= 0.6 is 0 Å². The summed E-state index contributed by atoms with van der Waals surface area (Å²) >= 11 is 0. The first-order valence-electron chi connectivity index (χ1n) is 25.4. The van der Waals surface area contributed by atoms with Gasteiger partial charge in [0.2, 0.25) is 35.4 Å². The normalized spacial score (nSPS) is 19.1. The number of hydrogen-bond donors (Lipinski definition) is 9. The van der Waals surface area contributed by atoms with Crippen LogP contribution in [-0.4, -0.2) is 122 Å². The van der Waals surface area contributed by atoms with Crippen LogP contribution in [0.3, 0.4) is 0 Å². The highest BCUT2D eigenvalue weighted by atomic mass is 16.2. The third-order valence-corrected chi connectivity index (χ3v) is 13.8. The van der Waals surface area contributed by atoms with Crippen LogP contribution in [0.4, 0.5) is 0 Å². The van der Waals surface area contributed by atoms with Crippen LogP contribution in [-0.2, 0) is 35.2 Å². The molecule has 18 heteroatoms. The van der Waals surface area contributed by atoms with Crippen molar-refractivity contribution in [2.24, 2.45) is 10.8 Å². The summed E-state index contributed by atoms with van der Waals surface area (Å²) in [6.07, 6.45) is 2.59. The maximum absolute atomic E-state index is 14.6. The molecule has 0 bridgehead atoms. The van der Waals surface area contributed by atoms with Crippen molar-refractivity contribution >= 4 is 47.3 Å². The molecule has 0 spiro atoms. The Kier molecular flexibility index (Phi) is 19.9. The van der Waals surface area contributed by atoms with Crippen molar-refractivity contribution in [3.8, 4) is 0 Å². The number of hydrogen-bond acceptors (Lipinski definition) is 10. The number of fused-ring (bicyclic) bond motifs is 1. The van der Waals surface area contributed by atoms with Gasteiger partial charge >= 0.3 is 0 Å². The van der Waals surface area contributed by atoms with E-state index in [9.17, 15) is 38.4 Å². The molecule has 8 amide bonds. The van der Waals surface area contributed by atoms with Gasteiger partial charge in [-0.2, -0.15) is 0 Å². The Bertz CT molecular complexity index is 2450. The molecule has 396 valence electrons. The van der Waals surface area contributed by atoms with Gasteiger partial charge in [0, 0.05) is 30.3 Å². The van der Waals surface area contributed by atoms with Gasteiger partial charge in [-0.3, -0.25) is 38.4 Å². The fourth-order valence-corrected chi connectivity index (χ4v) is 9.06. The Morgan fingerprint density at radius 2 is 1.23 bits per heavy atom. The quantitative estimate of drug-likeness (QED) is 0.0799. The number of rotatable bonds is 20.